The number of ether oxygens (including phenoxy) is 2. The zero-order valence-corrected chi connectivity index (χ0v) is 23.8. The van der Waals surface area contributed by atoms with E-state index in [9.17, 15) is 54.6 Å². The number of aromatic hydroxyl groups is 2. The third kappa shape index (κ3) is 3.05. The SMILES string of the molecule is O=C1OC2(c3ccc(O)cc3Oc3c2cc(CC24C(C(=O)O)N2C4C(=O)O)c(O)c3CC23C(C(=O)O)N2C3C(=O)O)c2ccccc21. The maximum atomic E-state index is 13.4. The van der Waals surface area contributed by atoms with Gasteiger partial charge in [0.15, 0.2) is 5.60 Å². The molecule has 0 bridgehead atoms. The fourth-order valence-corrected chi connectivity index (χ4v) is 8.61. The van der Waals surface area contributed by atoms with Gasteiger partial charge in [0.1, 0.15) is 47.2 Å². The molecular weight excluding hydrogens is 620 g/mol. The number of carboxylic acids is 4. The van der Waals surface area contributed by atoms with Crippen LogP contribution in [0.15, 0.2) is 48.5 Å². The van der Waals surface area contributed by atoms with Gasteiger partial charge >= 0.3 is 29.8 Å². The first-order chi connectivity index (χ1) is 22.3. The lowest BCUT2D eigenvalue weighted by Gasteiger charge is -2.38. The van der Waals surface area contributed by atoms with Crippen molar-refractivity contribution in [2.75, 3.05) is 0 Å². The molecule has 0 aliphatic carbocycles. The number of phenolic OH excluding ortho intramolecular Hbond substituents is 2. The van der Waals surface area contributed by atoms with E-state index in [4.69, 9.17) is 9.47 Å². The monoisotopic (exact) mass is 642 g/mol. The summed E-state index contributed by atoms with van der Waals surface area (Å²) >= 11 is 0. The minimum absolute atomic E-state index is 0.0354. The van der Waals surface area contributed by atoms with Crippen LogP contribution in [-0.4, -0.2) is 106 Å². The van der Waals surface area contributed by atoms with Crippen LogP contribution in [0.3, 0.4) is 0 Å². The van der Waals surface area contributed by atoms with Crippen LogP contribution in [-0.2, 0) is 42.4 Å². The highest BCUT2D eigenvalue weighted by molar-refractivity contribution is 5.98. The number of nitrogens with zero attached hydrogens (tertiary/aromatic N) is 2. The van der Waals surface area contributed by atoms with Gasteiger partial charge in [0.2, 0.25) is 0 Å². The van der Waals surface area contributed by atoms with Crippen LogP contribution in [0.4, 0.5) is 0 Å². The molecule has 6 aliphatic heterocycles. The lowest BCUT2D eigenvalue weighted by molar-refractivity contribution is -0.144. The molecule has 0 aromatic heterocycles. The molecule has 0 saturated carbocycles. The van der Waals surface area contributed by atoms with Gasteiger partial charge in [-0.1, -0.05) is 18.2 Å². The molecule has 0 amide bonds. The molecule has 5 unspecified atom stereocenters. The summed E-state index contributed by atoms with van der Waals surface area (Å²) < 4.78 is 12.5. The summed E-state index contributed by atoms with van der Waals surface area (Å²) in [5.41, 5.74) is -3.39. The largest absolute Gasteiger partial charge is 0.508 e. The summed E-state index contributed by atoms with van der Waals surface area (Å²) in [6, 6.07) is 7.54. The molecule has 47 heavy (non-hydrogen) atoms. The van der Waals surface area contributed by atoms with Crippen LogP contribution in [0.1, 0.15) is 38.2 Å². The first-order valence-corrected chi connectivity index (χ1v) is 14.5. The smallest absolute Gasteiger partial charge is 0.340 e. The normalized spacial score (nSPS) is 35.2. The maximum Gasteiger partial charge on any atom is 0.340 e. The van der Waals surface area contributed by atoms with Crippen molar-refractivity contribution >= 4 is 29.8 Å². The van der Waals surface area contributed by atoms with Crippen molar-refractivity contribution in [3.63, 3.8) is 0 Å². The first kappa shape index (κ1) is 27.6. The van der Waals surface area contributed by atoms with Crippen molar-refractivity contribution in [2.24, 2.45) is 0 Å². The van der Waals surface area contributed by atoms with E-state index in [2.05, 4.69) is 0 Å². The molecular formula is C32H22N2O13. The standard InChI is InChI=1S/C32H22N2O13/c35-12-5-6-16-18(8-12)46-20-14(10-31-23(27(41)42)34(31)24(31)28(43)44)19(36)11(9-30-21(25(37)38)33(30)22(30)26(39)40)7-17(20)32(16)15-4-2-1-3-13(15)29(45)47-32/h1-8,21-24,35-36H,9-10H2,(H,37,38)(H,39,40)(H,41,42)(H,43,44). The Morgan fingerprint density at radius 1 is 0.723 bits per heavy atom. The van der Waals surface area contributed by atoms with E-state index in [1.807, 2.05) is 0 Å². The van der Waals surface area contributed by atoms with E-state index in [1.54, 1.807) is 24.3 Å². The zero-order valence-electron chi connectivity index (χ0n) is 23.8. The predicted molar refractivity (Wildman–Crippen MR) is 150 cm³/mol. The number of rotatable bonds is 8. The third-order valence-electron chi connectivity index (χ3n) is 10.7. The Morgan fingerprint density at radius 2 is 1.30 bits per heavy atom. The highest BCUT2D eigenvalue weighted by Crippen LogP contribution is 2.69. The molecule has 6 heterocycles. The number of benzene rings is 3. The van der Waals surface area contributed by atoms with Gasteiger partial charge in [-0.15, -0.1) is 0 Å². The van der Waals surface area contributed by atoms with Crippen molar-refractivity contribution in [2.45, 2.75) is 53.7 Å². The molecule has 0 radical (unpaired) electrons. The summed E-state index contributed by atoms with van der Waals surface area (Å²) in [5, 5.41) is 61.4. The number of esters is 1. The van der Waals surface area contributed by atoms with Crippen molar-refractivity contribution in [1.29, 1.82) is 0 Å². The second-order valence-corrected chi connectivity index (χ2v) is 12.8. The number of hydrogen-bond acceptors (Lipinski definition) is 11. The second-order valence-electron chi connectivity index (χ2n) is 12.8. The molecule has 238 valence electrons. The van der Waals surface area contributed by atoms with Gasteiger partial charge in [0.25, 0.3) is 0 Å². The maximum absolute atomic E-state index is 13.4. The van der Waals surface area contributed by atoms with Crippen molar-refractivity contribution < 1.29 is 64.1 Å². The minimum atomic E-state index is -1.73. The Bertz CT molecular complexity index is 2050. The summed E-state index contributed by atoms with van der Waals surface area (Å²) in [4.78, 5) is 64.0. The number of carboxylic acid groups (broad SMARTS) is 4. The summed E-state index contributed by atoms with van der Waals surface area (Å²) in [6.45, 7) is 0. The van der Waals surface area contributed by atoms with Crippen LogP contribution >= 0.6 is 0 Å². The summed E-state index contributed by atoms with van der Waals surface area (Å²) in [6.07, 6.45) is -0.604. The second kappa shape index (κ2) is 8.18. The van der Waals surface area contributed by atoms with Gasteiger partial charge in [-0.05, 0) is 36.2 Å². The van der Waals surface area contributed by atoms with Crippen LogP contribution in [0, 0.1) is 0 Å². The topological polar surface area (TPSA) is 231 Å². The van der Waals surface area contributed by atoms with Gasteiger partial charge in [-0.3, -0.25) is 29.0 Å². The Balaban J connectivity index is 1.29. The molecule has 3 aromatic carbocycles. The number of carbonyl (C=O) groups excluding carboxylic acids is 1. The Morgan fingerprint density at radius 3 is 1.89 bits per heavy atom. The molecule has 1 spiro atoms. The fraction of sp³-hybridized carbons (Fsp3) is 0.281. The van der Waals surface area contributed by atoms with Crippen molar-refractivity contribution in [1.82, 2.24) is 9.80 Å². The average molecular weight is 643 g/mol. The number of aliphatic carboxylic acids is 4. The molecule has 4 fully saturated rings. The van der Waals surface area contributed by atoms with E-state index in [0.717, 1.165) is 0 Å². The molecule has 5 atom stereocenters. The Kier molecular flexibility index (Phi) is 4.81. The molecule has 6 aliphatic rings. The fourth-order valence-electron chi connectivity index (χ4n) is 8.61. The van der Waals surface area contributed by atoms with E-state index in [1.165, 1.54) is 34.1 Å². The van der Waals surface area contributed by atoms with Crippen LogP contribution in [0.5, 0.6) is 23.0 Å². The Hall–Kier alpha value is -5.67. The van der Waals surface area contributed by atoms with E-state index >= 15 is 0 Å². The van der Waals surface area contributed by atoms with Crippen molar-refractivity contribution in [3.05, 3.63) is 81.9 Å². The lowest BCUT2D eigenvalue weighted by atomic mass is 9.75. The van der Waals surface area contributed by atoms with E-state index in [-0.39, 0.29) is 52.3 Å². The third-order valence-corrected chi connectivity index (χ3v) is 10.7. The summed E-state index contributed by atoms with van der Waals surface area (Å²) in [7, 11) is 0. The van der Waals surface area contributed by atoms with Crippen LogP contribution < -0.4 is 4.74 Å². The number of fused-ring (bicyclic) bond motifs is 8. The van der Waals surface area contributed by atoms with Gasteiger partial charge < -0.3 is 40.1 Å². The predicted octanol–water partition coefficient (Wildman–Crippen LogP) is 0.700. The molecule has 15 nitrogen and oxygen atoms in total. The molecule has 3 aromatic rings. The van der Waals surface area contributed by atoms with E-state index in [0.29, 0.717) is 11.1 Å². The van der Waals surface area contributed by atoms with E-state index < -0.39 is 76.4 Å². The van der Waals surface area contributed by atoms with Crippen LogP contribution in [0.25, 0.3) is 0 Å². The molecule has 4 saturated heterocycles. The minimum Gasteiger partial charge on any atom is -0.508 e. The molecule has 15 heteroatoms. The highest BCUT2D eigenvalue weighted by atomic mass is 16.6. The van der Waals surface area contributed by atoms with Crippen molar-refractivity contribution in [3.8, 4) is 23.0 Å². The van der Waals surface area contributed by atoms with Gasteiger partial charge in [-0.25, -0.2) is 4.79 Å². The molecule has 9 rings (SSSR count). The molecule has 6 N–H and O–H groups in total. The van der Waals surface area contributed by atoms with Crippen LogP contribution in [0.2, 0.25) is 0 Å². The highest BCUT2D eigenvalue weighted by Gasteiger charge is 2.91. The number of phenols is 2. The average Bonchev–Trinajstić information content (AvgIpc) is 3.92. The Labute approximate surface area is 262 Å². The van der Waals surface area contributed by atoms with Gasteiger partial charge in [0.05, 0.1) is 16.6 Å². The lowest BCUT2D eigenvalue weighted by Crippen LogP contribution is -2.38. The first-order valence-electron chi connectivity index (χ1n) is 14.5. The number of carbonyl (C=O) groups is 5. The van der Waals surface area contributed by atoms with Gasteiger partial charge in [-0.2, -0.15) is 0 Å². The van der Waals surface area contributed by atoms with Gasteiger partial charge in [0, 0.05) is 34.7 Å². The quantitative estimate of drug-likeness (QED) is 0.147. The number of hydrogen-bond donors (Lipinski definition) is 6. The zero-order chi connectivity index (χ0) is 33.1. The summed E-state index contributed by atoms with van der Waals surface area (Å²) in [5.74, 6) is -6.40.